The zero-order chi connectivity index (χ0) is 60.6. The summed E-state index contributed by atoms with van der Waals surface area (Å²) < 4.78 is 5.16. The van der Waals surface area contributed by atoms with Crippen molar-refractivity contribution < 1.29 is 0 Å². The Labute approximate surface area is 527 Å². The number of hydrogen-bond acceptors (Lipinski definition) is 2. The molecule has 0 aliphatic heterocycles. The zero-order valence-corrected chi connectivity index (χ0v) is 53.5. The summed E-state index contributed by atoms with van der Waals surface area (Å²) in [4.78, 5) is 5.12. The molecule has 13 aromatic carbocycles. The molecule has 0 bridgehead atoms. The molecular weight excluding hydrogens is 1120 g/mol. The molecular formula is C84H66N4Si2. The van der Waals surface area contributed by atoms with E-state index in [1.165, 1.54) is 131 Å². The van der Waals surface area contributed by atoms with Crippen molar-refractivity contribution in [2.45, 2.75) is 39.3 Å². The van der Waals surface area contributed by atoms with Gasteiger partial charge in [-0.15, -0.1) is 0 Å². The van der Waals surface area contributed by atoms with Crippen LogP contribution in [0.25, 0.3) is 121 Å². The van der Waals surface area contributed by atoms with Gasteiger partial charge >= 0.3 is 0 Å². The van der Waals surface area contributed by atoms with Crippen molar-refractivity contribution in [3.8, 4) is 44.5 Å². The molecule has 0 fully saturated rings. The van der Waals surface area contributed by atoms with E-state index in [2.05, 4.69) is 349 Å². The van der Waals surface area contributed by atoms with Crippen LogP contribution < -0.4 is 20.2 Å². The van der Waals surface area contributed by atoms with Gasteiger partial charge in [-0.1, -0.05) is 268 Å². The Morgan fingerprint density at radius 3 is 0.956 bits per heavy atom. The van der Waals surface area contributed by atoms with Gasteiger partial charge in [-0.2, -0.15) is 0 Å². The lowest BCUT2D eigenvalue weighted by molar-refractivity contribution is 1.30. The molecule has 17 aromatic rings. The second-order valence-corrected chi connectivity index (χ2v) is 36.7. The van der Waals surface area contributed by atoms with Crippen molar-refractivity contribution in [1.29, 1.82) is 0 Å². The molecule has 4 heterocycles. The number of fused-ring (bicyclic) bond motifs is 12. The molecule has 4 nitrogen and oxygen atoms in total. The van der Waals surface area contributed by atoms with Crippen molar-refractivity contribution >= 4 is 137 Å². The average molecular weight is 1190 g/mol. The van der Waals surface area contributed by atoms with Crippen molar-refractivity contribution in [2.24, 2.45) is 0 Å². The van der Waals surface area contributed by atoms with Gasteiger partial charge in [0.15, 0.2) is 0 Å². The first-order valence-electron chi connectivity index (χ1n) is 31.6. The highest BCUT2D eigenvalue weighted by atomic mass is 28.3. The van der Waals surface area contributed by atoms with Crippen LogP contribution in [0.2, 0.25) is 39.3 Å². The monoisotopic (exact) mass is 1190 g/mol. The maximum Gasteiger partial charge on any atom is 0.0775 e. The molecule has 90 heavy (non-hydrogen) atoms. The zero-order valence-electron chi connectivity index (χ0n) is 51.5. The van der Waals surface area contributed by atoms with Gasteiger partial charge in [-0.25, -0.2) is 0 Å². The number of aromatic nitrogens is 2. The number of nitrogens with zero attached hydrogens (tertiary/aromatic N) is 4. The molecule has 0 radical (unpaired) electrons. The third kappa shape index (κ3) is 8.46. The van der Waals surface area contributed by atoms with Gasteiger partial charge in [0, 0.05) is 65.6 Å². The highest BCUT2D eigenvalue weighted by Gasteiger charge is 2.31. The van der Waals surface area contributed by atoms with Crippen LogP contribution in [0.4, 0.5) is 34.1 Å². The molecule has 0 amide bonds. The standard InChI is InChI=1S/C84H66N4Si2/c1-89(2,3)63-41-37-61(38-42-63)85(77-51-59(55-23-11-7-12-24-55)35-45-65(77)57-27-15-9-16-28-57)75-49-47-67-71-53-80-72(54-79(71)87-73-33-21-19-31-69(73)81(75)83(67)87)68-48-50-76(82-70-32-20-22-34-74(70)88(80)84(68)82)86(62-39-43-64(44-40-62)90(4,5)6)78-52-60(56-25-13-8-14-26-56)36-46-66(78)58-29-17-10-18-30-58/h7-54H,1-6H3. The summed E-state index contributed by atoms with van der Waals surface area (Å²) in [5, 5.41) is 12.8. The third-order valence-electron chi connectivity index (χ3n) is 19.1. The summed E-state index contributed by atoms with van der Waals surface area (Å²) in [6.07, 6.45) is 0. The first-order chi connectivity index (χ1) is 43.9. The molecule has 6 heteroatoms. The van der Waals surface area contributed by atoms with Gasteiger partial charge in [-0.3, -0.25) is 0 Å². The van der Waals surface area contributed by atoms with E-state index in [1.54, 1.807) is 0 Å². The lowest BCUT2D eigenvalue weighted by atomic mass is 9.96. The molecule has 0 atom stereocenters. The fraction of sp³-hybridized carbons (Fsp3) is 0.0714. The highest BCUT2D eigenvalue weighted by molar-refractivity contribution is 6.89. The van der Waals surface area contributed by atoms with Crippen LogP contribution in [0.5, 0.6) is 0 Å². The average Bonchev–Trinajstić information content (AvgIpc) is 1.52. The molecule has 0 aliphatic rings. The summed E-state index contributed by atoms with van der Waals surface area (Å²) in [5.74, 6) is 0. The lowest BCUT2D eigenvalue weighted by Gasteiger charge is -2.30. The molecule has 0 saturated heterocycles. The summed E-state index contributed by atoms with van der Waals surface area (Å²) in [6.45, 7) is 14.6. The third-order valence-corrected chi connectivity index (χ3v) is 23.2. The van der Waals surface area contributed by atoms with E-state index in [1.807, 2.05) is 0 Å². The van der Waals surface area contributed by atoms with Crippen LogP contribution in [0.1, 0.15) is 0 Å². The van der Waals surface area contributed by atoms with Gasteiger partial charge in [0.05, 0.1) is 72.0 Å². The molecule has 0 N–H and O–H groups in total. The van der Waals surface area contributed by atoms with E-state index in [0.717, 1.165) is 34.1 Å². The van der Waals surface area contributed by atoms with E-state index in [0.29, 0.717) is 0 Å². The molecule has 0 aliphatic carbocycles. The van der Waals surface area contributed by atoms with Crippen LogP contribution in [0, 0.1) is 0 Å². The lowest BCUT2D eigenvalue weighted by Crippen LogP contribution is -2.37. The Morgan fingerprint density at radius 2 is 0.589 bits per heavy atom. The minimum absolute atomic E-state index is 1.13. The predicted molar refractivity (Wildman–Crippen MR) is 393 cm³/mol. The van der Waals surface area contributed by atoms with Crippen molar-refractivity contribution in [1.82, 2.24) is 8.80 Å². The summed E-state index contributed by atoms with van der Waals surface area (Å²) in [7, 11) is -3.26. The second kappa shape index (κ2) is 20.5. The molecule has 4 aromatic heterocycles. The summed E-state index contributed by atoms with van der Waals surface area (Å²) >= 11 is 0. The Balaban J connectivity index is 0.931. The van der Waals surface area contributed by atoms with Gasteiger partial charge in [-0.05, 0) is 106 Å². The Kier molecular flexibility index (Phi) is 12.3. The first-order valence-corrected chi connectivity index (χ1v) is 38.6. The smallest absolute Gasteiger partial charge is 0.0775 e. The normalized spacial score (nSPS) is 12.3. The minimum atomic E-state index is -1.63. The number of anilines is 6. The largest absolute Gasteiger partial charge is 0.309 e. The van der Waals surface area contributed by atoms with Crippen molar-refractivity contribution in [2.75, 3.05) is 9.80 Å². The van der Waals surface area contributed by atoms with Crippen LogP contribution in [0.15, 0.2) is 291 Å². The molecule has 0 unspecified atom stereocenters. The van der Waals surface area contributed by atoms with E-state index in [9.17, 15) is 0 Å². The van der Waals surface area contributed by atoms with Crippen LogP contribution >= 0.6 is 0 Å². The van der Waals surface area contributed by atoms with Crippen LogP contribution in [0.3, 0.4) is 0 Å². The first kappa shape index (κ1) is 53.7. The summed E-state index contributed by atoms with van der Waals surface area (Å²) in [5.41, 5.74) is 23.5. The number of rotatable bonds is 12. The van der Waals surface area contributed by atoms with Crippen LogP contribution in [-0.4, -0.2) is 24.9 Å². The van der Waals surface area contributed by atoms with Gasteiger partial charge in [0.2, 0.25) is 0 Å². The van der Waals surface area contributed by atoms with E-state index < -0.39 is 16.1 Å². The maximum absolute atomic E-state index is 2.58. The minimum Gasteiger partial charge on any atom is -0.309 e. The maximum atomic E-state index is 2.58. The Hall–Kier alpha value is -10.5. The molecule has 0 spiro atoms. The van der Waals surface area contributed by atoms with Crippen LogP contribution in [-0.2, 0) is 0 Å². The van der Waals surface area contributed by atoms with Crippen molar-refractivity contribution in [3.05, 3.63) is 291 Å². The number of para-hydroxylation sites is 2. The molecule has 17 rings (SSSR count). The predicted octanol–water partition coefficient (Wildman–Crippen LogP) is 22.7. The van der Waals surface area contributed by atoms with Gasteiger partial charge in [0.25, 0.3) is 0 Å². The quantitative estimate of drug-likeness (QED) is 0.113. The van der Waals surface area contributed by atoms with E-state index in [4.69, 9.17) is 0 Å². The Bertz CT molecular complexity index is 5240. The number of hydrogen-bond donors (Lipinski definition) is 0. The van der Waals surface area contributed by atoms with Gasteiger partial charge < -0.3 is 18.6 Å². The van der Waals surface area contributed by atoms with E-state index in [-0.39, 0.29) is 0 Å². The molecule has 430 valence electrons. The second-order valence-electron chi connectivity index (χ2n) is 26.5. The highest BCUT2D eigenvalue weighted by Crippen LogP contribution is 2.53. The molecule has 0 saturated carbocycles. The van der Waals surface area contributed by atoms with Gasteiger partial charge in [0.1, 0.15) is 0 Å². The summed E-state index contributed by atoms with van der Waals surface area (Å²) in [6, 6.07) is 109. The fourth-order valence-corrected chi connectivity index (χ4v) is 17.0. The van der Waals surface area contributed by atoms with Crippen molar-refractivity contribution in [3.63, 3.8) is 0 Å². The van der Waals surface area contributed by atoms with E-state index >= 15 is 0 Å². The Morgan fingerprint density at radius 1 is 0.244 bits per heavy atom. The number of benzene rings is 13. The fourth-order valence-electron chi connectivity index (χ4n) is 14.7. The SMILES string of the molecule is C[Si](C)(C)c1ccc(N(c2cc(-c3ccccc3)ccc2-c2ccccc2)c2ccc3c4cc5c(cc4n4c6ccccc6c2c34)c2ccc(N(c3ccc([Si](C)(C)C)cc3)c3cc(-c4ccccc4)ccc3-c3ccccc3)c3c4ccccc4n5c23)cc1. The topological polar surface area (TPSA) is 15.3 Å².